The number of aromatic carboxylic acids is 1. The Hall–Kier alpha value is -1.47. The van der Waals surface area contributed by atoms with Crippen LogP contribution in [0.3, 0.4) is 0 Å². The SMILES string of the molecule is CC(C)CS(=O)(=O)Cc1c(C(=O)O)sc2cccc(F)c12. The summed E-state index contributed by atoms with van der Waals surface area (Å²) in [5.41, 5.74) is 0.0567. The number of hydrogen-bond acceptors (Lipinski definition) is 4. The highest BCUT2D eigenvalue weighted by Gasteiger charge is 2.25. The van der Waals surface area contributed by atoms with E-state index in [2.05, 4.69) is 0 Å². The second-order valence-corrected chi connectivity index (χ2v) is 8.44. The fraction of sp³-hybridized carbons (Fsp3) is 0.357. The van der Waals surface area contributed by atoms with Crippen molar-refractivity contribution in [2.45, 2.75) is 19.6 Å². The molecule has 0 unspecified atom stereocenters. The molecule has 0 saturated heterocycles. The van der Waals surface area contributed by atoms with Crippen LogP contribution in [0, 0.1) is 11.7 Å². The molecule has 4 nitrogen and oxygen atoms in total. The summed E-state index contributed by atoms with van der Waals surface area (Å²) in [5, 5.41) is 9.33. The Labute approximate surface area is 126 Å². The molecule has 0 aliphatic rings. The monoisotopic (exact) mass is 330 g/mol. The normalized spacial score (nSPS) is 12.2. The van der Waals surface area contributed by atoms with Crippen molar-refractivity contribution in [3.63, 3.8) is 0 Å². The number of hydrogen-bond donors (Lipinski definition) is 1. The molecule has 0 amide bonds. The number of carboxylic acid groups (broad SMARTS) is 1. The minimum atomic E-state index is -3.49. The molecule has 1 heterocycles. The highest BCUT2D eigenvalue weighted by Crippen LogP contribution is 2.34. The third-order valence-corrected chi connectivity index (χ3v) is 6.00. The first-order chi connectivity index (χ1) is 9.71. The molecule has 0 atom stereocenters. The molecule has 0 fully saturated rings. The summed E-state index contributed by atoms with van der Waals surface area (Å²) in [7, 11) is -3.49. The lowest BCUT2D eigenvalue weighted by Gasteiger charge is -2.07. The molecule has 1 aromatic heterocycles. The number of sulfone groups is 1. The van der Waals surface area contributed by atoms with E-state index in [0.29, 0.717) is 4.70 Å². The number of carboxylic acids is 1. The Bertz CT molecular complexity index is 791. The van der Waals surface area contributed by atoms with Gasteiger partial charge in [0.25, 0.3) is 0 Å². The Morgan fingerprint density at radius 2 is 2.05 bits per heavy atom. The first-order valence-electron chi connectivity index (χ1n) is 6.35. The van der Waals surface area contributed by atoms with Gasteiger partial charge in [-0.05, 0) is 18.1 Å². The molecule has 7 heteroatoms. The van der Waals surface area contributed by atoms with E-state index in [4.69, 9.17) is 0 Å². The second-order valence-electron chi connectivity index (χ2n) is 5.28. The fourth-order valence-electron chi connectivity index (χ4n) is 2.26. The molecule has 0 radical (unpaired) electrons. The first-order valence-corrected chi connectivity index (χ1v) is 8.98. The summed E-state index contributed by atoms with van der Waals surface area (Å²) in [4.78, 5) is 11.2. The van der Waals surface area contributed by atoms with Crippen molar-refractivity contribution in [1.82, 2.24) is 0 Å². The number of thiophene rings is 1. The average molecular weight is 330 g/mol. The molecular formula is C14H15FO4S2. The van der Waals surface area contributed by atoms with Gasteiger partial charge in [0.15, 0.2) is 9.84 Å². The molecule has 114 valence electrons. The molecule has 2 rings (SSSR count). The zero-order valence-electron chi connectivity index (χ0n) is 11.6. The van der Waals surface area contributed by atoms with Crippen LogP contribution < -0.4 is 0 Å². The maximum Gasteiger partial charge on any atom is 0.346 e. The molecule has 2 aromatic rings. The van der Waals surface area contributed by atoms with Crippen LogP contribution >= 0.6 is 11.3 Å². The third kappa shape index (κ3) is 3.41. The van der Waals surface area contributed by atoms with E-state index in [9.17, 15) is 22.7 Å². The number of rotatable bonds is 5. The van der Waals surface area contributed by atoms with Gasteiger partial charge in [0.2, 0.25) is 0 Å². The van der Waals surface area contributed by atoms with Gasteiger partial charge in [0, 0.05) is 15.6 Å². The Kier molecular flexibility index (Phi) is 4.34. The summed E-state index contributed by atoms with van der Waals surface area (Å²) in [6.45, 7) is 3.53. The molecule has 21 heavy (non-hydrogen) atoms. The van der Waals surface area contributed by atoms with Gasteiger partial charge in [-0.25, -0.2) is 17.6 Å². The summed E-state index contributed by atoms with van der Waals surface area (Å²) >= 11 is 0.902. The van der Waals surface area contributed by atoms with Gasteiger partial charge < -0.3 is 5.11 Å². The third-order valence-electron chi connectivity index (χ3n) is 2.91. The van der Waals surface area contributed by atoms with Crippen molar-refractivity contribution in [2.24, 2.45) is 5.92 Å². The van der Waals surface area contributed by atoms with Crippen LogP contribution in [0.5, 0.6) is 0 Å². The molecular weight excluding hydrogens is 315 g/mol. The highest BCUT2D eigenvalue weighted by molar-refractivity contribution is 7.90. The topological polar surface area (TPSA) is 71.4 Å². The van der Waals surface area contributed by atoms with Crippen molar-refractivity contribution in [3.8, 4) is 0 Å². The van der Waals surface area contributed by atoms with Gasteiger partial charge in [0.1, 0.15) is 10.7 Å². The molecule has 1 N–H and O–H groups in total. The van der Waals surface area contributed by atoms with E-state index < -0.39 is 27.4 Å². The predicted molar refractivity (Wildman–Crippen MR) is 81.1 cm³/mol. The van der Waals surface area contributed by atoms with Crippen molar-refractivity contribution in [1.29, 1.82) is 0 Å². The molecule has 0 aliphatic heterocycles. The van der Waals surface area contributed by atoms with Crippen LogP contribution in [-0.2, 0) is 15.6 Å². The van der Waals surface area contributed by atoms with Gasteiger partial charge in [-0.15, -0.1) is 11.3 Å². The summed E-state index contributed by atoms with van der Waals surface area (Å²) in [6, 6.07) is 4.28. The van der Waals surface area contributed by atoms with E-state index in [1.54, 1.807) is 19.9 Å². The Balaban J connectivity index is 2.61. The van der Waals surface area contributed by atoms with E-state index in [1.165, 1.54) is 12.1 Å². The van der Waals surface area contributed by atoms with Gasteiger partial charge in [-0.2, -0.15) is 0 Å². The molecule has 0 spiro atoms. The Morgan fingerprint density at radius 3 is 2.62 bits per heavy atom. The molecule has 0 bridgehead atoms. The second kappa shape index (κ2) is 5.73. The molecule has 1 aromatic carbocycles. The van der Waals surface area contributed by atoms with E-state index in [1.807, 2.05) is 0 Å². The van der Waals surface area contributed by atoms with E-state index in [0.717, 1.165) is 11.3 Å². The summed E-state index contributed by atoms with van der Waals surface area (Å²) in [5.74, 6) is -2.40. The minimum Gasteiger partial charge on any atom is -0.477 e. The highest BCUT2D eigenvalue weighted by atomic mass is 32.2. The van der Waals surface area contributed by atoms with Gasteiger partial charge in [0.05, 0.1) is 11.5 Å². The van der Waals surface area contributed by atoms with Crippen LogP contribution in [-0.4, -0.2) is 25.2 Å². The van der Waals surface area contributed by atoms with Crippen LogP contribution in [0.4, 0.5) is 4.39 Å². The van der Waals surface area contributed by atoms with Crippen molar-refractivity contribution >= 4 is 37.2 Å². The predicted octanol–water partition coefficient (Wildman–Crippen LogP) is 3.31. The largest absolute Gasteiger partial charge is 0.477 e. The molecule has 0 saturated carbocycles. The van der Waals surface area contributed by atoms with E-state index >= 15 is 0 Å². The quantitative estimate of drug-likeness (QED) is 0.913. The number of fused-ring (bicyclic) bond motifs is 1. The van der Waals surface area contributed by atoms with Crippen molar-refractivity contribution in [3.05, 3.63) is 34.5 Å². The van der Waals surface area contributed by atoms with Crippen LogP contribution in [0.1, 0.15) is 29.1 Å². The number of carbonyl (C=O) groups is 1. The smallest absolute Gasteiger partial charge is 0.346 e. The maximum atomic E-state index is 14.0. The summed E-state index contributed by atoms with van der Waals surface area (Å²) in [6.07, 6.45) is 0. The fourth-order valence-corrected chi connectivity index (χ4v) is 5.29. The summed E-state index contributed by atoms with van der Waals surface area (Å²) < 4.78 is 38.7. The van der Waals surface area contributed by atoms with Crippen LogP contribution in [0.15, 0.2) is 18.2 Å². The van der Waals surface area contributed by atoms with Gasteiger partial charge in [-0.3, -0.25) is 0 Å². The standard InChI is InChI=1S/C14H15FO4S2/c1-8(2)6-21(18,19)7-9-12-10(15)4-3-5-11(12)20-13(9)14(16)17/h3-5,8H,6-7H2,1-2H3,(H,16,17). The van der Waals surface area contributed by atoms with Crippen LogP contribution in [0.25, 0.3) is 10.1 Å². The zero-order chi connectivity index (χ0) is 15.8. The van der Waals surface area contributed by atoms with E-state index in [-0.39, 0.29) is 27.5 Å². The van der Waals surface area contributed by atoms with Gasteiger partial charge >= 0.3 is 5.97 Å². The van der Waals surface area contributed by atoms with Crippen LogP contribution in [0.2, 0.25) is 0 Å². The lowest BCUT2D eigenvalue weighted by molar-refractivity contribution is 0.0701. The van der Waals surface area contributed by atoms with Gasteiger partial charge in [-0.1, -0.05) is 19.9 Å². The van der Waals surface area contributed by atoms with Crippen molar-refractivity contribution < 1.29 is 22.7 Å². The minimum absolute atomic E-state index is 0.0567. The van der Waals surface area contributed by atoms with Crippen molar-refractivity contribution in [2.75, 3.05) is 5.75 Å². The number of benzene rings is 1. The average Bonchev–Trinajstić information content (AvgIpc) is 2.67. The lowest BCUT2D eigenvalue weighted by atomic mass is 10.1. The molecule has 0 aliphatic carbocycles. The first kappa shape index (κ1) is 15.9. The zero-order valence-corrected chi connectivity index (χ0v) is 13.2. The maximum absolute atomic E-state index is 14.0. The number of halogens is 1. The Morgan fingerprint density at radius 1 is 1.38 bits per heavy atom. The lowest BCUT2D eigenvalue weighted by Crippen LogP contribution is -2.15.